The van der Waals surface area contributed by atoms with Crippen LogP contribution in [0.25, 0.3) is 0 Å². The van der Waals surface area contributed by atoms with Gasteiger partial charge in [0.1, 0.15) is 11.9 Å². The number of anilines is 3. The molecule has 0 amide bonds. The zero-order valence-electron chi connectivity index (χ0n) is 11.9. The highest BCUT2D eigenvalue weighted by atomic mass is 16.4. The van der Waals surface area contributed by atoms with Crippen molar-refractivity contribution in [1.29, 1.82) is 0 Å². The number of nitrogens with two attached hydrogens (primary N) is 2. The van der Waals surface area contributed by atoms with Crippen LogP contribution in [0, 0.1) is 0 Å². The molecule has 2 aliphatic rings. The van der Waals surface area contributed by atoms with Crippen LogP contribution >= 0.6 is 0 Å². The van der Waals surface area contributed by atoms with Crippen LogP contribution in [0.5, 0.6) is 0 Å². The molecule has 0 aromatic carbocycles. The van der Waals surface area contributed by atoms with Crippen LogP contribution in [0.3, 0.4) is 0 Å². The fourth-order valence-corrected chi connectivity index (χ4v) is 3.13. The molecule has 2 atom stereocenters. The van der Waals surface area contributed by atoms with Crippen molar-refractivity contribution in [3.05, 3.63) is 12.1 Å². The second-order valence-corrected chi connectivity index (χ2v) is 5.77. The molecular weight excluding hydrogens is 270 g/mol. The molecule has 1 aromatic heterocycles. The SMILES string of the molecule is Nc1ccc(N2CCC(N)C2)nc1N1CCCC1C(=O)O. The molecule has 3 rings (SSSR count). The van der Waals surface area contributed by atoms with Gasteiger partial charge in [-0.05, 0) is 31.4 Å². The average molecular weight is 291 g/mol. The highest BCUT2D eigenvalue weighted by molar-refractivity contribution is 5.81. The van der Waals surface area contributed by atoms with Crippen molar-refractivity contribution in [2.24, 2.45) is 5.73 Å². The highest BCUT2D eigenvalue weighted by Crippen LogP contribution is 2.31. The van der Waals surface area contributed by atoms with Gasteiger partial charge in [0.15, 0.2) is 5.82 Å². The first kappa shape index (κ1) is 13.9. The maximum atomic E-state index is 11.3. The third-order valence-electron chi connectivity index (χ3n) is 4.25. The Kier molecular flexibility index (Phi) is 3.59. The first-order valence-electron chi connectivity index (χ1n) is 7.33. The van der Waals surface area contributed by atoms with Gasteiger partial charge in [-0.15, -0.1) is 0 Å². The van der Waals surface area contributed by atoms with Gasteiger partial charge in [0.2, 0.25) is 0 Å². The monoisotopic (exact) mass is 291 g/mol. The van der Waals surface area contributed by atoms with E-state index in [1.807, 2.05) is 6.07 Å². The number of pyridine rings is 1. The standard InChI is InChI=1S/C14H21N5O2/c15-9-5-7-18(8-9)12-4-3-10(16)13(17-12)19-6-1-2-11(19)14(20)21/h3-4,9,11H,1-2,5-8,15-16H2,(H,20,21). The molecule has 7 heteroatoms. The van der Waals surface area contributed by atoms with Crippen molar-refractivity contribution in [1.82, 2.24) is 4.98 Å². The van der Waals surface area contributed by atoms with Gasteiger partial charge in [-0.3, -0.25) is 0 Å². The van der Waals surface area contributed by atoms with Crippen LogP contribution in [0.15, 0.2) is 12.1 Å². The predicted octanol–water partition coefficient (Wildman–Crippen LogP) is 0.255. The van der Waals surface area contributed by atoms with E-state index in [-0.39, 0.29) is 6.04 Å². The number of carbonyl (C=O) groups is 1. The Labute approximate surface area is 123 Å². The van der Waals surface area contributed by atoms with E-state index >= 15 is 0 Å². The lowest BCUT2D eigenvalue weighted by molar-refractivity contribution is -0.138. The topological polar surface area (TPSA) is 109 Å². The number of aliphatic carboxylic acids is 1. The predicted molar refractivity (Wildman–Crippen MR) is 81.5 cm³/mol. The summed E-state index contributed by atoms with van der Waals surface area (Å²) in [4.78, 5) is 19.9. The summed E-state index contributed by atoms with van der Waals surface area (Å²) in [5, 5.41) is 9.31. The van der Waals surface area contributed by atoms with Gasteiger partial charge in [-0.2, -0.15) is 0 Å². The Morgan fingerprint density at radius 3 is 2.81 bits per heavy atom. The maximum Gasteiger partial charge on any atom is 0.326 e. The number of carboxylic acids is 1. The Balaban J connectivity index is 1.89. The summed E-state index contributed by atoms with van der Waals surface area (Å²) in [6, 6.07) is 3.32. The molecular formula is C14H21N5O2. The molecule has 21 heavy (non-hydrogen) atoms. The summed E-state index contributed by atoms with van der Waals surface area (Å²) in [5.41, 5.74) is 12.5. The van der Waals surface area contributed by atoms with Gasteiger partial charge in [-0.25, -0.2) is 9.78 Å². The summed E-state index contributed by atoms with van der Waals surface area (Å²) >= 11 is 0. The number of hydrogen-bond acceptors (Lipinski definition) is 6. The molecule has 114 valence electrons. The van der Waals surface area contributed by atoms with E-state index in [4.69, 9.17) is 11.5 Å². The minimum absolute atomic E-state index is 0.173. The van der Waals surface area contributed by atoms with Crippen LogP contribution in [-0.2, 0) is 4.79 Å². The third-order valence-corrected chi connectivity index (χ3v) is 4.25. The molecule has 0 aliphatic carbocycles. The van der Waals surface area contributed by atoms with Gasteiger partial charge in [-0.1, -0.05) is 0 Å². The second-order valence-electron chi connectivity index (χ2n) is 5.77. The first-order chi connectivity index (χ1) is 10.1. The molecule has 2 fully saturated rings. The smallest absolute Gasteiger partial charge is 0.326 e. The minimum atomic E-state index is -0.817. The summed E-state index contributed by atoms with van der Waals surface area (Å²) < 4.78 is 0. The van der Waals surface area contributed by atoms with Crippen molar-refractivity contribution >= 4 is 23.3 Å². The Morgan fingerprint density at radius 2 is 2.14 bits per heavy atom. The number of aromatic nitrogens is 1. The summed E-state index contributed by atoms with van der Waals surface area (Å²) in [6.07, 6.45) is 2.43. The van der Waals surface area contributed by atoms with Crippen molar-refractivity contribution in [2.75, 3.05) is 35.2 Å². The lowest BCUT2D eigenvalue weighted by Gasteiger charge is -2.26. The Morgan fingerprint density at radius 1 is 1.33 bits per heavy atom. The van der Waals surface area contributed by atoms with Gasteiger partial charge in [0.05, 0.1) is 5.69 Å². The van der Waals surface area contributed by atoms with Crippen LogP contribution in [-0.4, -0.2) is 47.8 Å². The van der Waals surface area contributed by atoms with Crippen molar-refractivity contribution in [3.63, 3.8) is 0 Å². The minimum Gasteiger partial charge on any atom is -0.480 e. The van der Waals surface area contributed by atoms with Gasteiger partial charge in [0.25, 0.3) is 0 Å². The molecule has 0 radical (unpaired) electrons. The molecule has 0 spiro atoms. The fraction of sp³-hybridized carbons (Fsp3) is 0.571. The number of carboxylic acid groups (broad SMARTS) is 1. The van der Waals surface area contributed by atoms with Crippen LogP contribution in [0.2, 0.25) is 0 Å². The number of nitrogens with zero attached hydrogens (tertiary/aromatic N) is 3. The van der Waals surface area contributed by atoms with E-state index in [1.165, 1.54) is 0 Å². The van der Waals surface area contributed by atoms with Gasteiger partial charge >= 0.3 is 5.97 Å². The molecule has 0 bridgehead atoms. The highest BCUT2D eigenvalue weighted by Gasteiger charge is 2.33. The summed E-state index contributed by atoms with van der Waals surface area (Å²) in [5.74, 6) is 0.586. The van der Waals surface area contributed by atoms with E-state index in [9.17, 15) is 9.90 Å². The van der Waals surface area contributed by atoms with Crippen molar-refractivity contribution in [2.45, 2.75) is 31.3 Å². The molecule has 2 unspecified atom stereocenters. The lowest BCUT2D eigenvalue weighted by Crippen LogP contribution is -2.37. The van der Waals surface area contributed by atoms with E-state index in [0.29, 0.717) is 24.5 Å². The number of hydrogen-bond donors (Lipinski definition) is 3. The van der Waals surface area contributed by atoms with E-state index in [1.54, 1.807) is 11.0 Å². The molecule has 0 saturated carbocycles. The maximum absolute atomic E-state index is 11.3. The third kappa shape index (κ3) is 2.61. The zero-order chi connectivity index (χ0) is 15.0. The molecule has 5 N–H and O–H groups in total. The van der Waals surface area contributed by atoms with Crippen molar-refractivity contribution in [3.8, 4) is 0 Å². The first-order valence-corrected chi connectivity index (χ1v) is 7.33. The molecule has 2 aliphatic heterocycles. The zero-order valence-corrected chi connectivity index (χ0v) is 11.9. The van der Waals surface area contributed by atoms with Gasteiger partial charge in [0, 0.05) is 25.7 Å². The molecule has 2 saturated heterocycles. The summed E-state index contributed by atoms with van der Waals surface area (Å²) in [6.45, 7) is 2.33. The molecule has 1 aromatic rings. The van der Waals surface area contributed by atoms with Crippen molar-refractivity contribution < 1.29 is 9.90 Å². The fourth-order valence-electron chi connectivity index (χ4n) is 3.13. The number of nitrogen functional groups attached to an aromatic ring is 1. The normalized spacial score (nSPS) is 25.6. The lowest BCUT2D eigenvalue weighted by atomic mass is 10.2. The van der Waals surface area contributed by atoms with E-state index in [0.717, 1.165) is 31.7 Å². The Bertz CT molecular complexity index is 550. The molecule has 7 nitrogen and oxygen atoms in total. The van der Waals surface area contributed by atoms with E-state index in [2.05, 4.69) is 9.88 Å². The van der Waals surface area contributed by atoms with E-state index < -0.39 is 12.0 Å². The molecule has 3 heterocycles. The van der Waals surface area contributed by atoms with Crippen LogP contribution in [0.4, 0.5) is 17.3 Å². The quantitative estimate of drug-likeness (QED) is 0.732. The largest absolute Gasteiger partial charge is 0.480 e. The van der Waals surface area contributed by atoms with Gasteiger partial charge < -0.3 is 26.4 Å². The second kappa shape index (κ2) is 5.40. The van der Waals surface area contributed by atoms with Crippen LogP contribution < -0.4 is 21.3 Å². The summed E-state index contributed by atoms with van der Waals surface area (Å²) in [7, 11) is 0. The number of rotatable bonds is 3. The Hall–Kier alpha value is -2.02. The van der Waals surface area contributed by atoms with Crippen LogP contribution in [0.1, 0.15) is 19.3 Å². The average Bonchev–Trinajstić information content (AvgIpc) is 3.08.